The van der Waals surface area contributed by atoms with Crippen molar-refractivity contribution in [1.29, 1.82) is 0 Å². The molecule has 0 aromatic heterocycles. The van der Waals surface area contributed by atoms with Gasteiger partial charge in [0.05, 0.1) is 10.2 Å². The van der Waals surface area contributed by atoms with Gasteiger partial charge in [0, 0.05) is 7.05 Å². The van der Waals surface area contributed by atoms with E-state index in [1.807, 2.05) is 11.7 Å². The van der Waals surface area contributed by atoms with Crippen molar-refractivity contribution >= 4 is 16.1 Å². The fourth-order valence-corrected chi connectivity index (χ4v) is 1.78. The maximum absolute atomic E-state index is 11.5. The van der Waals surface area contributed by atoms with Gasteiger partial charge in [-0.3, -0.25) is 0 Å². The molecular formula is C9H10N4O4S. The SMILES string of the molecule is Cc1ccc(S(=O)(=O)N(C)N=O)cc1.[N-]=[N+]=C=O. The molecular weight excluding hydrogens is 260 g/mol. The van der Waals surface area contributed by atoms with Crippen LogP contribution in [-0.2, 0) is 14.8 Å². The zero-order valence-electron chi connectivity index (χ0n) is 9.64. The summed E-state index contributed by atoms with van der Waals surface area (Å²) in [4.78, 5) is 20.7. The lowest BCUT2D eigenvalue weighted by Crippen LogP contribution is -2.20. The number of nitroso groups, excluding NO2 is 1. The summed E-state index contributed by atoms with van der Waals surface area (Å²) in [7, 11) is -2.65. The highest BCUT2D eigenvalue weighted by molar-refractivity contribution is 7.89. The lowest BCUT2D eigenvalue weighted by Gasteiger charge is -2.09. The number of sulfonamides is 1. The van der Waals surface area contributed by atoms with E-state index in [4.69, 9.17) is 10.3 Å². The summed E-state index contributed by atoms with van der Waals surface area (Å²) in [6, 6.07) is 6.19. The summed E-state index contributed by atoms with van der Waals surface area (Å²) in [5.41, 5.74) is 8.03. The fourth-order valence-electron chi connectivity index (χ4n) is 0.907. The summed E-state index contributed by atoms with van der Waals surface area (Å²) in [5, 5.41) is 2.35. The third-order valence-electron chi connectivity index (χ3n) is 1.82. The van der Waals surface area contributed by atoms with Gasteiger partial charge in [-0.15, -0.1) is 9.70 Å². The molecule has 0 unspecified atom stereocenters. The Hall–Kier alpha value is -2.34. The molecule has 18 heavy (non-hydrogen) atoms. The first-order valence-corrected chi connectivity index (χ1v) is 5.94. The molecule has 0 aliphatic heterocycles. The number of rotatable bonds is 3. The Bertz CT molecular complexity index is 561. The molecule has 96 valence electrons. The van der Waals surface area contributed by atoms with Crippen LogP contribution in [0.25, 0.3) is 5.53 Å². The second-order valence-corrected chi connectivity index (χ2v) is 4.98. The van der Waals surface area contributed by atoms with Crippen LogP contribution in [0.1, 0.15) is 5.56 Å². The van der Waals surface area contributed by atoms with Crippen LogP contribution in [0, 0.1) is 11.8 Å². The van der Waals surface area contributed by atoms with Crippen LogP contribution < -0.4 is 0 Å². The van der Waals surface area contributed by atoms with E-state index >= 15 is 0 Å². The first kappa shape index (κ1) is 15.7. The predicted molar refractivity (Wildman–Crippen MR) is 61.2 cm³/mol. The van der Waals surface area contributed by atoms with Crippen molar-refractivity contribution in [2.45, 2.75) is 11.8 Å². The van der Waals surface area contributed by atoms with Crippen LogP contribution in [0.2, 0.25) is 0 Å². The molecule has 0 spiro atoms. The second kappa shape index (κ2) is 7.08. The van der Waals surface area contributed by atoms with E-state index in [2.05, 4.69) is 5.29 Å². The van der Waals surface area contributed by atoms with Crippen molar-refractivity contribution in [3.63, 3.8) is 0 Å². The van der Waals surface area contributed by atoms with E-state index in [9.17, 15) is 13.3 Å². The van der Waals surface area contributed by atoms with Gasteiger partial charge in [0.1, 0.15) is 0 Å². The molecule has 9 heteroatoms. The van der Waals surface area contributed by atoms with Gasteiger partial charge in [-0.05, 0) is 19.1 Å². The van der Waals surface area contributed by atoms with Crippen LogP contribution in [0.3, 0.4) is 0 Å². The molecule has 0 fully saturated rings. The first-order valence-electron chi connectivity index (χ1n) is 4.50. The summed E-state index contributed by atoms with van der Waals surface area (Å²) >= 11 is 0. The number of hydrogen-bond acceptors (Lipinski definition) is 5. The first-order chi connectivity index (χ1) is 8.39. The van der Waals surface area contributed by atoms with E-state index in [1.54, 1.807) is 12.1 Å². The zero-order chi connectivity index (χ0) is 14.2. The minimum absolute atomic E-state index is 0.0604. The lowest BCUT2D eigenvalue weighted by atomic mass is 10.2. The van der Waals surface area contributed by atoms with Crippen LogP contribution >= 0.6 is 0 Å². The predicted octanol–water partition coefficient (Wildman–Crippen LogP) is 0.849. The van der Waals surface area contributed by atoms with E-state index < -0.39 is 10.0 Å². The molecule has 1 rings (SSSR count). The Kier molecular flexibility index (Phi) is 6.16. The number of hydrogen-bond donors (Lipinski definition) is 0. The fraction of sp³-hybridized carbons (Fsp3) is 0.222. The van der Waals surface area contributed by atoms with Gasteiger partial charge >= 0.3 is 6.08 Å². The molecule has 1 aromatic carbocycles. The summed E-state index contributed by atoms with van der Waals surface area (Å²) < 4.78 is 23.4. The van der Waals surface area contributed by atoms with Gasteiger partial charge in [-0.2, -0.15) is 12.8 Å². The number of benzene rings is 1. The molecule has 0 amide bonds. The zero-order valence-corrected chi connectivity index (χ0v) is 10.5. The largest absolute Gasteiger partial charge is 0.557 e. The number of aryl methyl sites for hydroxylation is 1. The Balaban J connectivity index is 0.000000631. The molecule has 0 radical (unpaired) electrons. The average molecular weight is 270 g/mol. The quantitative estimate of drug-likeness (QED) is 0.202. The highest BCUT2D eigenvalue weighted by atomic mass is 32.2. The highest BCUT2D eigenvalue weighted by Crippen LogP contribution is 2.14. The van der Waals surface area contributed by atoms with E-state index in [-0.39, 0.29) is 4.90 Å². The van der Waals surface area contributed by atoms with Crippen molar-refractivity contribution < 1.29 is 18.0 Å². The lowest BCUT2D eigenvalue weighted by molar-refractivity contribution is -0.00453. The van der Waals surface area contributed by atoms with Crippen LogP contribution in [-0.4, -0.2) is 30.7 Å². The number of carbonyl (C=O) groups excluding carboxylic acids is 1. The molecule has 0 saturated heterocycles. The smallest absolute Gasteiger partial charge is 0.345 e. The molecule has 0 heterocycles. The van der Waals surface area contributed by atoms with Gasteiger partial charge in [0.25, 0.3) is 10.0 Å². The Morgan fingerprint density at radius 3 is 2.11 bits per heavy atom. The number of nitrogens with zero attached hydrogens (tertiary/aromatic N) is 4. The van der Waals surface area contributed by atoms with E-state index in [0.717, 1.165) is 18.7 Å². The number of isocyanates is 1. The van der Waals surface area contributed by atoms with Gasteiger partial charge < -0.3 is 5.53 Å². The summed E-state index contributed by atoms with van der Waals surface area (Å²) in [6.45, 7) is 1.85. The van der Waals surface area contributed by atoms with Crippen molar-refractivity contribution in [3.8, 4) is 0 Å². The van der Waals surface area contributed by atoms with Crippen LogP contribution in [0.15, 0.2) is 34.4 Å². The Morgan fingerprint density at radius 2 is 1.78 bits per heavy atom. The third kappa shape index (κ3) is 4.26. The van der Waals surface area contributed by atoms with Gasteiger partial charge in [-0.25, -0.2) is 0 Å². The van der Waals surface area contributed by atoms with Crippen LogP contribution in [0.4, 0.5) is 0 Å². The minimum Gasteiger partial charge on any atom is -0.345 e. The maximum Gasteiger partial charge on any atom is 0.557 e. The average Bonchev–Trinajstić information content (AvgIpc) is 2.38. The van der Waals surface area contributed by atoms with Gasteiger partial charge in [0.2, 0.25) is 0 Å². The molecule has 1 aromatic rings. The standard InChI is InChI=1S/C8H10N2O3S.CN2O/c1-7-3-5-8(6-4-7)14(12,13)10(2)9-11;2-3-1-4/h3-6H,1-2H3;. The summed E-state index contributed by atoms with van der Waals surface area (Å²) in [6.07, 6.45) is 0.861. The second-order valence-electron chi connectivity index (χ2n) is 3.03. The minimum atomic E-state index is -3.75. The molecule has 0 bridgehead atoms. The van der Waals surface area contributed by atoms with Crippen molar-refractivity contribution in [2.24, 2.45) is 5.29 Å². The molecule has 0 atom stereocenters. The van der Waals surface area contributed by atoms with E-state index in [0.29, 0.717) is 4.41 Å². The van der Waals surface area contributed by atoms with Crippen molar-refractivity contribution in [3.05, 3.63) is 40.3 Å². The molecule has 0 N–H and O–H groups in total. The normalized spacial score (nSPS) is 9.22. The van der Waals surface area contributed by atoms with Gasteiger partial charge in [0.15, 0.2) is 0 Å². The summed E-state index contributed by atoms with van der Waals surface area (Å²) in [5.74, 6) is 0. The maximum atomic E-state index is 11.5. The van der Waals surface area contributed by atoms with E-state index in [1.165, 1.54) is 12.1 Å². The van der Waals surface area contributed by atoms with Gasteiger partial charge in [-0.1, -0.05) is 22.5 Å². The third-order valence-corrected chi connectivity index (χ3v) is 3.45. The molecule has 0 aliphatic carbocycles. The van der Waals surface area contributed by atoms with Crippen molar-refractivity contribution in [2.75, 3.05) is 7.05 Å². The monoisotopic (exact) mass is 270 g/mol. The highest BCUT2D eigenvalue weighted by Gasteiger charge is 2.19. The topological polar surface area (TPSA) is 120 Å². The molecule has 8 nitrogen and oxygen atoms in total. The molecule has 0 saturated carbocycles. The molecule has 0 aliphatic rings. The van der Waals surface area contributed by atoms with Crippen LogP contribution in [0.5, 0.6) is 0 Å². The Morgan fingerprint density at radius 1 is 1.33 bits per heavy atom. The van der Waals surface area contributed by atoms with Crippen molar-refractivity contribution in [1.82, 2.24) is 4.41 Å². The Labute approximate surface area is 103 Å².